The van der Waals surface area contributed by atoms with E-state index in [2.05, 4.69) is 25.5 Å². The van der Waals surface area contributed by atoms with E-state index in [1.807, 2.05) is 6.92 Å². The minimum Gasteiger partial charge on any atom is -0.396 e. The lowest BCUT2D eigenvalue weighted by Crippen LogP contribution is -2.05. The lowest BCUT2D eigenvalue weighted by Gasteiger charge is -2.06. The highest BCUT2D eigenvalue weighted by Gasteiger charge is 2.06. The zero-order chi connectivity index (χ0) is 10.7. The number of aliphatic hydroxyl groups excluding tert-OH is 1. The van der Waals surface area contributed by atoms with Crippen LogP contribution in [0.25, 0.3) is 5.95 Å². The summed E-state index contributed by atoms with van der Waals surface area (Å²) >= 11 is 0. The van der Waals surface area contributed by atoms with Crippen LogP contribution in [0.5, 0.6) is 0 Å². The summed E-state index contributed by atoms with van der Waals surface area (Å²) in [6.45, 7) is 1.98. The first-order valence-corrected chi connectivity index (χ1v) is 4.47. The lowest BCUT2D eigenvalue weighted by molar-refractivity contribution is 0.272. The Labute approximate surface area is 85.8 Å². The number of rotatable bonds is 3. The summed E-state index contributed by atoms with van der Waals surface area (Å²) in [6.07, 6.45) is 4.74. The molecule has 0 saturated carbocycles. The molecule has 0 aromatic carbocycles. The fraction of sp³-hybridized carbons (Fsp3) is 0.375. The molecule has 1 atom stereocenters. The van der Waals surface area contributed by atoms with Gasteiger partial charge in [-0.2, -0.15) is 4.68 Å². The van der Waals surface area contributed by atoms with Gasteiger partial charge in [0.1, 0.15) is 6.33 Å². The summed E-state index contributed by atoms with van der Waals surface area (Å²) in [5.41, 5.74) is 0.884. The molecule has 1 N–H and O–H groups in total. The van der Waals surface area contributed by atoms with Gasteiger partial charge in [-0.1, -0.05) is 6.92 Å². The molecule has 0 spiro atoms. The van der Waals surface area contributed by atoms with Crippen LogP contribution in [0, 0.1) is 0 Å². The molecule has 0 saturated heterocycles. The quantitative estimate of drug-likeness (QED) is 0.731. The van der Waals surface area contributed by atoms with Gasteiger partial charge in [0.15, 0.2) is 0 Å². The van der Waals surface area contributed by atoms with Crippen LogP contribution < -0.4 is 0 Å². The van der Waals surface area contributed by atoms with Crippen LogP contribution >= 0.6 is 0 Å². The van der Waals surface area contributed by atoms with Crippen LogP contribution in [0.4, 0.5) is 0 Å². The van der Waals surface area contributed by atoms with Crippen molar-refractivity contribution in [2.45, 2.75) is 12.8 Å². The summed E-state index contributed by atoms with van der Waals surface area (Å²) in [7, 11) is 0. The molecule has 0 aliphatic heterocycles. The molecule has 2 heterocycles. The van der Waals surface area contributed by atoms with Crippen LogP contribution in [0.2, 0.25) is 0 Å². The zero-order valence-corrected chi connectivity index (χ0v) is 8.15. The monoisotopic (exact) mass is 206 g/mol. The molecule has 2 aromatic heterocycles. The topological polar surface area (TPSA) is 89.6 Å². The molecule has 0 unspecified atom stereocenters. The first-order chi connectivity index (χ1) is 7.31. The Bertz CT molecular complexity index is 411. The molecule has 0 amide bonds. The first-order valence-electron chi connectivity index (χ1n) is 4.47. The predicted molar refractivity (Wildman–Crippen MR) is 50.2 cm³/mol. The van der Waals surface area contributed by atoms with Gasteiger partial charge in [-0.05, 0) is 16.0 Å². The maximum atomic E-state index is 8.95. The summed E-state index contributed by atoms with van der Waals surface area (Å²) in [4.78, 5) is 8.18. The van der Waals surface area contributed by atoms with Crippen molar-refractivity contribution in [1.29, 1.82) is 0 Å². The van der Waals surface area contributed by atoms with E-state index < -0.39 is 0 Å². The van der Waals surface area contributed by atoms with Crippen LogP contribution in [0.15, 0.2) is 18.7 Å². The van der Waals surface area contributed by atoms with E-state index in [4.69, 9.17) is 5.11 Å². The number of tetrazole rings is 1. The molecule has 15 heavy (non-hydrogen) atoms. The summed E-state index contributed by atoms with van der Waals surface area (Å²) < 4.78 is 1.37. The van der Waals surface area contributed by atoms with Crippen LogP contribution in [0.1, 0.15) is 18.4 Å². The van der Waals surface area contributed by atoms with Crippen molar-refractivity contribution in [1.82, 2.24) is 30.2 Å². The molecule has 2 aromatic rings. The van der Waals surface area contributed by atoms with E-state index in [-0.39, 0.29) is 12.5 Å². The maximum Gasteiger partial charge on any atom is 0.253 e. The fourth-order valence-corrected chi connectivity index (χ4v) is 1.06. The van der Waals surface area contributed by atoms with Gasteiger partial charge in [0.2, 0.25) is 0 Å². The van der Waals surface area contributed by atoms with Gasteiger partial charge in [0, 0.05) is 24.9 Å². The standard InChI is InChI=1S/C8H10N6O/c1-6(4-15)7-2-9-8(10-3-7)14-5-11-12-13-14/h2-3,5-6,15H,4H2,1H3/t6-/m1/s1. The molecule has 0 bridgehead atoms. The number of aromatic nitrogens is 6. The lowest BCUT2D eigenvalue weighted by atomic mass is 10.1. The third-order valence-electron chi connectivity index (χ3n) is 2.06. The van der Waals surface area contributed by atoms with Gasteiger partial charge in [-0.25, -0.2) is 9.97 Å². The van der Waals surface area contributed by atoms with Crippen molar-refractivity contribution in [3.8, 4) is 5.95 Å². The van der Waals surface area contributed by atoms with E-state index in [0.717, 1.165) is 5.56 Å². The summed E-state index contributed by atoms with van der Waals surface area (Å²) in [5.74, 6) is 0.446. The average Bonchev–Trinajstić information content (AvgIpc) is 2.82. The van der Waals surface area contributed by atoms with Crippen molar-refractivity contribution in [3.05, 3.63) is 24.3 Å². The molecule has 7 nitrogen and oxygen atoms in total. The highest BCUT2D eigenvalue weighted by atomic mass is 16.3. The molecular weight excluding hydrogens is 196 g/mol. The molecule has 78 valence electrons. The Morgan fingerprint density at radius 2 is 2.13 bits per heavy atom. The molecule has 0 aliphatic carbocycles. The van der Waals surface area contributed by atoms with Crippen molar-refractivity contribution in [2.75, 3.05) is 6.61 Å². The Kier molecular flexibility index (Phi) is 2.64. The number of hydrogen-bond donors (Lipinski definition) is 1. The van der Waals surface area contributed by atoms with Gasteiger partial charge in [0.05, 0.1) is 0 Å². The normalized spacial score (nSPS) is 12.7. The zero-order valence-electron chi connectivity index (χ0n) is 8.15. The largest absolute Gasteiger partial charge is 0.396 e. The van der Waals surface area contributed by atoms with Crippen molar-refractivity contribution in [2.24, 2.45) is 0 Å². The Morgan fingerprint density at radius 1 is 1.40 bits per heavy atom. The molecule has 0 aliphatic rings. The minimum absolute atomic E-state index is 0.0351. The van der Waals surface area contributed by atoms with E-state index in [0.29, 0.717) is 5.95 Å². The van der Waals surface area contributed by atoms with Crippen LogP contribution in [-0.2, 0) is 0 Å². The van der Waals surface area contributed by atoms with Gasteiger partial charge in [-0.15, -0.1) is 5.10 Å². The highest BCUT2D eigenvalue weighted by Crippen LogP contribution is 2.11. The van der Waals surface area contributed by atoms with E-state index >= 15 is 0 Å². The van der Waals surface area contributed by atoms with Crippen LogP contribution in [-0.4, -0.2) is 41.9 Å². The van der Waals surface area contributed by atoms with E-state index in [1.54, 1.807) is 12.4 Å². The average molecular weight is 206 g/mol. The summed E-state index contributed by atoms with van der Waals surface area (Å²) in [6, 6.07) is 0. The van der Waals surface area contributed by atoms with Gasteiger partial charge >= 0.3 is 0 Å². The SMILES string of the molecule is C[C@H](CO)c1cnc(-n2cnnn2)nc1. The molecular formula is C8H10N6O. The first kappa shape index (κ1) is 9.66. The second kappa shape index (κ2) is 4.09. The highest BCUT2D eigenvalue weighted by molar-refractivity contribution is 5.15. The molecule has 0 fully saturated rings. The third-order valence-corrected chi connectivity index (χ3v) is 2.06. The van der Waals surface area contributed by atoms with Crippen molar-refractivity contribution < 1.29 is 5.11 Å². The molecule has 2 rings (SSSR count). The number of aliphatic hydroxyl groups is 1. The number of nitrogens with zero attached hydrogens (tertiary/aromatic N) is 6. The second-order valence-corrected chi connectivity index (χ2v) is 3.15. The minimum atomic E-state index is 0.0351. The maximum absolute atomic E-state index is 8.95. The Hall–Kier alpha value is -1.89. The fourth-order valence-electron chi connectivity index (χ4n) is 1.06. The Morgan fingerprint density at radius 3 is 2.67 bits per heavy atom. The third kappa shape index (κ3) is 1.96. The van der Waals surface area contributed by atoms with Gasteiger partial charge in [-0.3, -0.25) is 0 Å². The molecule has 0 radical (unpaired) electrons. The summed E-state index contributed by atoms with van der Waals surface area (Å²) in [5, 5.41) is 19.6. The number of hydrogen-bond acceptors (Lipinski definition) is 6. The smallest absolute Gasteiger partial charge is 0.253 e. The Balaban J connectivity index is 2.25. The second-order valence-electron chi connectivity index (χ2n) is 3.15. The van der Waals surface area contributed by atoms with Gasteiger partial charge in [0.25, 0.3) is 5.95 Å². The van der Waals surface area contributed by atoms with E-state index in [1.165, 1.54) is 11.0 Å². The van der Waals surface area contributed by atoms with E-state index in [9.17, 15) is 0 Å². The van der Waals surface area contributed by atoms with Crippen molar-refractivity contribution >= 4 is 0 Å². The predicted octanol–water partition coefficient (Wildman–Crippen LogP) is -0.452. The molecule has 7 heteroatoms. The van der Waals surface area contributed by atoms with Crippen molar-refractivity contribution in [3.63, 3.8) is 0 Å². The van der Waals surface area contributed by atoms with Crippen LogP contribution in [0.3, 0.4) is 0 Å². The van der Waals surface area contributed by atoms with Gasteiger partial charge < -0.3 is 5.11 Å².